The van der Waals surface area contributed by atoms with Gasteiger partial charge in [0.05, 0.1) is 4.92 Å². The van der Waals surface area contributed by atoms with Crippen molar-refractivity contribution in [3.05, 3.63) is 52.0 Å². The Labute approximate surface area is 162 Å². The fraction of sp³-hybridized carbons (Fsp3) is 0.412. The molecule has 0 bridgehead atoms. The maximum Gasteiger partial charge on any atom is 0.269 e. The topological polar surface area (TPSA) is 119 Å². The number of nitrogens with zero attached hydrogens (tertiary/aromatic N) is 5. The van der Waals surface area contributed by atoms with Gasteiger partial charge in [-0.15, -0.1) is 0 Å². The molecular formula is C17H21N5O5S. The Kier molecular flexibility index (Phi) is 5.47. The van der Waals surface area contributed by atoms with Crippen molar-refractivity contribution in [3.8, 4) is 0 Å². The fourth-order valence-corrected chi connectivity index (χ4v) is 4.52. The van der Waals surface area contributed by atoms with Crippen LogP contribution in [0.15, 0.2) is 35.5 Å². The van der Waals surface area contributed by atoms with Crippen LogP contribution in [0.4, 0.5) is 5.69 Å². The number of nitro groups is 1. The van der Waals surface area contributed by atoms with Gasteiger partial charge in [0, 0.05) is 57.1 Å². The second-order valence-electron chi connectivity index (χ2n) is 6.59. The van der Waals surface area contributed by atoms with E-state index in [9.17, 15) is 23.3 Å². The summed E-state index contributed by atoms with van der Waals surface area (Å²) in [5.41, 5.74) is 0.248. The molecule has 11 heteroatoms. The van der Waals surface area contributed by atoms with Gasteiger partial charge in [0.15, 0.2) is 5.03 Å². The minimum absolute atomic E-state index is 0.00245. The summed E-state index contributed by atoms with van der Waals surface area (Å²) in [5, 5.41) is 10.7. The number of carbonyl (C=O) groups is 1. The third-order valence-electron chi connectivity index (χ3n) is 4.76. The van der Waals surface area contributed by atoms with Crippen LogP contribution in [0.5, 0.6) is 0 Å². The molecule has 2 heterocycles. The summed E-state index contributed by atoms with van der Waals surface area (Å²) in [6, 6.07) is 5.39. The summed E-state index contributed by atoms with van der Waals surface area (Å²) >= 11 is 0. The molecule has 1 aliphatic rings. The van der Waals surface area contributed by atoms with Gasteiger partial charge in [0.2, 0.25) is 0 Å². The maximum atomic E-state index is 12.8. The zero-order valence-corrected chi connectivity index (χ0v) is 16.4. The zero-order valence-electron chi connectivity index (χ0n) is 15.6. The molecule has 0 atom stereocenters. The molecule has 0 unspecified atom stereocenters. The Balaban J connectivity index is 1.72. The molecule has 0 saturated carbocycles. The summed E-state index contributed by atoms with van der Waals surface area (Å²) in [4.78, 5) is 28.6. The van der Waals surface area contributed by atoms with Gasteiger partial charge < -0.3 is 9.47 Å². The molecule has 10 nitrogen and oxygen atoms in total. The number of aromatic nitrogens is 2. The van der Waals surface area contributed by atoms with Gasteiger partial charge in [-0.1, -0.05) is 0 Å². The van der Waals surface area contributed by atoms with Crippen molar-refractivity contribution in [3.63, 3.8) is 0 Å². The normalized spacial score (nSPS) is 16.0. The second kappa shape index (κ2) is 7.68. The van der Waals surface area contributed by atoms with E-state index in [2.05, 4.69) is 4.98 Å². The largest absolute Gasteiger partial charge is 0.337 e. The Morgan fingerprint density at radius 3 is 2.39 bits per heavy atom. The molecule has 28 heavy (non-hydrogen) atoms. The number of aryl methyl sites for hydroxylation is 2. The molecule has 1 amide bonds. The van der Waals surface area contributed by atoms with Crippen molar-refractivity contribution in [2.24, 2.45) is 7.05 Å². The fourth-order valence-electron chi connectivity index (χ4n) is 3.03. The summed E-state index contributed by atoms with van der Waals surface area (Å²) in [6.45, 7) is 2.83. The number of nitro benzene ring substituents is 1. The summed E-state index contributed by atoms with van der Waals surface area (Å²) < 4.78 is 28.7. The lowest BCUT2D eigenvalue weighted by Gasteiger charge is -2.21. The van der Waals surface area contributed by atoms with Crippen molar-refractivity contribution in [2.45, 2.75) is 18.4 Å². The molecule has 1 aromatic carbocycles. The van der Waals surface area contributed by atoms with Crippen molar-refractivity contribution < 1.29 is 18.1 Å². The van der Waals surface area contributed by atoms with Gasteiger partial charge in [-0.2, -0.15) is 4.31 Å². The first-order valence-electron chi connectivity index (χ1n) is 8.74. The minimum atomic E-state index is -3.73. The third kappa shape index (κ3) is 3.90. The number of non-ortho nitro benzene ring substituents is 1. The van der Waals surface area contributed by atoms with Crippen molar-refractivity contribution >= 4 is 21.6 Å². The van der Waals surface area contributed by atoms with Crippen molar-refractivity contribution in [2.75, 3.05) is 26.2 Å². The lowest BCUT2D eigenvalue weighted by atomic mass is 10.2. The monoisotopic (exact) mass is 407 g/mol. The molecule has 0 aliphatic carbocycles. The van der Waals surface area contributed by atoms with Gasteiger partial charge in [-0.05, 0) is 25.5 Å². The molecule has 0 N–H and O–H groups in total. The van der Waals surface area contributed by atoms with Crippen molar-refractivity contribution in [1.29, 1.82) is 0 Å². The lowest BCUT2D eigenvalue weighted by Crippen LogP contribution is -2.37. The van der Waals surface area contributed by atoms with Gasteiger partial charge >= 0.3 is 0 Å². The number of carbonyl (C=O) groups excluding carboxylic acids is 1. The van der Waals surface area contributed by atoms with Gasteiger partial charge in [-0.3, -0.25) is 14.9 Å². The van der Waals surface area contributed by atoms with E-state index >= 15 is 0 Å². The Bertz CT molecular complexity index is 980. The highest BCUT2D eigenvalue weighted by Gasteiger charge is 2.30. The van der Waals surface area contributed by atoms with Crippen LogP contribution in [0.1, 0.15) is 22.6 Å². The molecule has 0 radical (unpaired) electrons. The predicted octanol–water partition coefficient (Wildman–Crippen LogP) is 1.17. The molecule has 3 rings (SSSR count). The number of hydrogen-bond acceptors (Lipinski definition) is 6. The van der Waals surface area contributed by atoms with E-state index in [0.29, 0.717) is 30.9 Å². The number of sulfonamides is 1. The predicted molar refractivity (Wildman–Crippen MR) is 100 cm³/mol. The SMILES string of the molecule is Cc1nc(S(=O)(=O)N2CCCN(C(=O)c3ccc([N+](=O)[O-])cc3)CC2)cn1C. The summed E-state index contributed by atoms with van der Waals surface area (Å²) in [6.07, 6.45) is 1.97. The van der Waals surface area contributed by atoms with Crippen LogP contribution in [-0.4, -0.2) is 64.2 Å². The highest BCUT2D eigenvalue weighted by Crippen LogP contribution is 2.19. The van der Waals surface area contributed by atoms with Crippen LogP contribution in [0, 0.1) is 17.0 Å². The van der Waals surface area contributed by atoms with Crippen LogP contribution < -0.4 is 0 Å². The van der Waals surface area contributed by atoms with Crippen LogP contribution in [0.2, 0.25) is 0 Å². The Morgan fingerprint density at radius 1 is 1.14 bits per heavy atom. The average molecular weight is 407 g/mol. The second-order valence-corrected chi connectivity index (χ2v) is 8.48. The van der Waals surface area contributed by atoms with Crippen molar-refractivity contribution in [1.82, 2.24) is 18.8 Å². The molecule has 1 saturated heterocycles. The standard InChI is InChI=1S/C17H21N5O5S/c1-13-18-16(12-19(13)2)28(26,27)21-9-3-8-20(10-11-21)17(23)14-4-6-15(7-5-14)22(24)25/h4-7,12H,3,8-11H2,1-2H3. The number of hydrogen-bond donors (Lipinski definition) is 0. The van der Waals surface area contributed by atoms with E-state index in [4.69, 9.17) is 0 Å². The maximum absolute atomic E-state index is 12.8. The Hall–Kier alpha value is -2.79. The average Bonchev–Trinajstić information content (AvgIpc) is 2.87. The van der Waals surface area contributed by atoms with E-state index in [1.165, 1.54) is 34.8 Å². The highest BCUT2D eigenvalue weighted by atomic mass is 32.2. The van der Waals surface area contributed by atoms with E-state index in [1.807, 2.05) is 0 Å². The van der Waals surface area contributed by atoms with E-state index in [1.54, 1.807) is 23.4 Å². The van der Waals surface area contributed by atoms with Gasteiger partial charge in [0.1, 0.15) is 5.82 Å². The quantitative estimate of drug-likeness (QED) is 0.554. The smallest absolute Gasteiger partial charge is 0.269 e. The molecule has 1 aromatic heterocycles. The van der Waals surface area contributed by atoms with Gasteiger partial charge in [0.25, 0.3) is 21.6 Å². The summed E-state index contributed by atoms with van der Waals surface area (Å²) in [5.74, 6) is 0.325. The van der Waals surface area contributed by atoms with Crippen LogP contribution in [0.3, 0.4) is 0 Å². The number of benzene rings is 1. The number of imidazole rings is 1. The minimum Gasteiger partial charge on any atom is -0.337 e. The van der Waals surface area contributed by atoms with Crippen LogP contribution in [0.25, 0.3) is 0 Å². The van der Waals surface area contributed by atoms with E-state index < -0.39 is 14.9 Å². The molecule has 150 valence electrons. The molecule has 1 aliphatic heterocycles. The summed E-state index contributed by atoms with van der Waals surface area (Å²) in [7, 11) is -2.00. The molecule has 0 spiro atoms. The Morgan fingerprint density at radius 2 is 1.82 bits per heavy atom. The van der Waals surface area contributed by atoms with Gasteiger partial charge in [-0.25, -0.2) is 13.4 Å². The van der Waals surface area contributed by atoms with E-state index in [0.717, 1.165) is 0 Å². The first-order valence-corrected chi connectivity index (χ1v) is 10.2. The molecule has 1 fully saturated rings. The van der Waals surface area contributed by atoms with E-state index in [-0.39, 0.29) is 29.7 Å². The van der Waals surface area contributed by atoms with Crippen LogP contribution in [-0.2, 0) is 17.1 Å². The number of rotatable bonds is 4. The highest BCUT2D eigenvalue weighted by molar-refractivity contribution is 7.89. The molecule has 2 aromatic rings. The molecular weight excluding hydrogens is 386 g/mol. The first kappa shape index (κ1) is 20.0. The number of amides is 1. The third-order valence-corrected chi connectivity index (χ3v) is 6.53. The zero-order chi connectivity index (χ0) is 20.5. The lowest BCUT2D eigenvalue weighted by molar-refractivity contribution is -0.384. The van der Waals surface area contributed by atoms with Crippen LogP contribution >= 0.6 is 0 Å². The first-order chi connectivity index (χ1) is 13.2.